The van der Waals surface area contributed by atoms with Crippen molar-refractivity contribution in [3.8, 4) is 0 Å². The third-order valence-corrected chi connectivity index (χ3v) is 3.40. The number of nitro groups is 1. The first kappa shape index (κ1) is 15.6. The third kappa shape index (κ3) is 3.66. The molecule has 2 aromatic rings. The fourth-order valence-corrected chi connectivity index (χ4v) is 2.00. The van der Waals surface area contributed by atoms with Gasteiger partial charge in [-0.1, -0.05) is 23.2 Å². The quantitative estimate of drug-likeness (QED) is 0.668. The molecular weight excluding hydrogens is 286 g/mol. The normalized spacial score (nSPS) is 12.0. The highest BCUT2D eigenvalue weighted by molar-refractivity contribution is 5.76. The van der Waals surface area contributed by atoms with E-state index in [1.54, 1.807) is 0 Å². The summed E-state index contributed by atoms with van der Waals surface area (Å²) in [6.45, 7) is 5.81. The molecule has 2 rings (SSSR count). The van der Waals surface area contributed by atoms with Crippen molar-refractivity contribution in [1.29, 1.82) is 0 Å². The molecule has 0 aliphatic carbocycles. The smallest absolute Gasteiger partial charge is 0.390 e. The lowest BCUT2D eigenvalue weighted by atomic mass is 10.0. The van der Waals surface area contributed by atoms with Crippen molar-refractivity contribution in [2.24, 2.45) is 0 Å². The molecule has 1 amide bonds. The minimum absolute atomic E-state index is 0.115. The van der Waals surface area contributed by atoms with Crippen LogP contribution in [0, 0.1) is 24.0 Å². The van der Waals surface area contributed by atoms with Crippen LogP contribution in [0.3, 0.4) is 0 Å². The van der Waals surface area contributed by atoms with Gasteiger partial charge in [0.05, 0.1) is 6.04 Å². The van der Waals surface area contributed by atoms with Gasteiger partial charge in [-0.15, -0.1) is 0 Å². The Morgan fingerprint density at radius 2 is 2.14 bits per heavy atom. The van der Waals surface area contributed by atoms with Gasteiger partial charge in [0.2, 0.25) is 12.2 Å². The standard InChI is InChI=1S/C14H17N5O3/c1-9-4-5-12(6-10(9)2)11(3)16-13(20)7-18-8-15-14(17-18)19(21)22/h4-6,8,11H,7H2,1-3H3,(H,16,20)/t11-/m1/s1. The summed E-state index contributed by atoms with van der Waals surface area (Å²) in [5, 5.41) is 16.9. The molecule has 8 nitrogen and oxygen atoms in total. The number of aryl methyl sites for hydroxylation is 2. The maximum Gasteiger partial charge on any atom is 0.490 e. The van der Waals surface area contributed by atoms with Crippen LogP contribution in [0.4, 0.5) is 5.95 Å². The predicted molar refractivity (Wildman–Crippen MR) is 79.2 cm³/mol. The first-order chi connectivity index (χ1) is 10.4. The highest BCUT2D eigenvalue weighted by Gasteiger charge is 2.16. The number of hydrogen-bond acceptors (Lipinski definition) is 5. The molecule has 0 aliphatic heterocycles. The molecular formula is C14H17N5O3. The zero-order chi connectivity index (χ0) is 16.3. The van der Waals surface area contributed by atoms with E-state index in [4.69, 9.17) is 0 Å². The Balaban J connectivity index is 1.98. The number of aromatic nitrogens is 3. The van der Waals surface area contributed by atoms with Crippen LogP contribution < -0.4 is 5.32 Å². The fourth-order valence-electron chi connectivity index (χ4n) is 2.00. The van der Waals surface area contributed by atoms with Crippen LogP contribution in [0.2, 0.25) is 0 Å². The zero-order valence-corrected chi connectivity index (χ0v) is 12.6. The second-order valence-electron chi connectivity index (χ2n) is 5.13. The molecule has 0 radical (unpaired) electrons. The van der Waals surface area contributed by atoms with Crippen molar-refractivity contribution in [3.63, 3.8) is 0 Å². The van der Waals surface area contributed by atoms with E-state index >= 15 is 0 Å². The Hall–Kier alpha value is -2.77. The lowest BCUT2D eigenvalue weighted by Gasteiger charge is -2.15. The Morgan fingerprint density at radius 3 is 2.73 bits per heavy atom. The number of nitrogens with one attached hydrogen (secondary N) is 1. The fraction of sp³-hybridized carbons (Fsp3) is 0.357. The molecule has 8 heteroatoms. The van der Waals surface area contributed by atoms with Crippen molar-refractivity contribution in [3.05, 3.63) is 51.3 Å². The van der Waals surface area contributed by atoms with E-state index in [2.05, 4.69) is 15.4 Å². The summed E-state index contributed by atoms with van der Waals surface area (Å²) in [4.78, 5) is 25.2. The van der Waals surface area contributed by atoms with Crippen LogP contribution in [-0.2, 0) is 11.3 Å². The topological polar surface area (TPSA) is 103 Å². The molecule has 0 spiro atoms. The van der Waals surface area contributed by atoms with Crippen molar-refractivity contribution < 1.29 is 9.72 Å². The molecule has 1 heterocycles. The number of carbonyl (C=O) groups is 1. The van der Waals surface area contributed by atoms with Gasteiger partial charge in [0.25, 0.3) is 0 Å². The molecule has 0 saturated carbocycles. The van der Waals surface area contributed by atoms with E-state index in [1.807, 2.05) is 39.0 Å². The van der Waals surface area contributed by atoms with Gasteiger partial charge in [0.15, 0.2) is 0 Å². The summed E-state index contributed by atoms with van der Waals surface area (Å²) in [7, 11) is 0. The Labute approximate surface area is 127 Å². The Morgan fingerprint density at radius 1 is 1.41 bits per heavy atom. The van der Waals surface area contributed by atoms with Gasteiger partial charge in [0.1, 0.15) is 6.54 Å². The molecule has 0 aliphatic rings. The summed E-state index contributed by atoms with van der Waals surface area (Å²) >= 11 is 0. The lowest BCUT2D eigenvalue weighted by molar-refractivity contribution is -0.394. The summed E-state index contributed by atoms with van der Waals surface area (Å²) in [6, 6.07) is 5.84. The molecule has 116 valence electrons. The van der Waals surface area contributed by atoms with Gasteiger partial charge in [-0.3, -0.25) is 4.79 Å². The predicted octanol–water partition coefficient (Wildman–Crippen LogP) is 1.68. The van der Waals surface area contributed by atoms with E-state index in [0.29, 0.717) is 0 Å². The van der Waals surface area contributed by atoms with Crippen molar-refractivity contribution in [2.75, 3.05) is 0 Å². The van der Waals surface area contributed by atoms with E-state index in [-0.39, 0.29) is 18.5 Å². The number of hydrogen-bond donors (Lipinski definition) is 1. The maximum atomic E-state index is 12.0. The minimum Gasteiger partial charge on any atom is -0.390 e. The maximum absolute atomic E-state index is 12.0. The van der Waals surface area contributed by atoms with Crippen molar-refractivity contribution in [1.82, 2.24) is 20.1 Å². The molecule has 1 N–H and O–H groups in total. The van der Waals surface area contributed by atoms with Gasteiger partial charge < -0.3 is 15.4 Å². The van der Waals surface area contributed by atoms with Crippen LogP contribution in [0.25, 0.3) is 0 Å². The first-order valence-corrected chi connectivity index (χ1v) is 6.77. The van der Waals surface area contributed by atoms with Gasteiger partial charge in [0, 0.05) is 5.10 Å². The average molecular weight is 303 g/mol. The van der Waals surface area contributed by atoms with Gasteiger partial charge in [-0.05, 0) is 42.4 Å². The highest BCUT2D eigenvalue weighted by atomic mass is 16.6. The SMILES string of the molecule is Cc1ccc([C@@H](C)NC(=O)Cn2cnc([N+](=O)[O-])n2)cc1C. The Bertz CT molecular complexity index is 710. The van der Waals surface area contributed by atoms with Gasteiger partial charge in [-0.2, -0.15) is 4.68 Å². The molecule has 0 bridgehead atoms. The number of rotatable bonds is 5. The summed E-state index contributed by atoms with van der Waals surface area (Å²) in [6.07, 6.45) is 1.17. The largest absolute Gasteiger partial charge is 0.490 e. The van der Waals surface area contributed by atoms with E-state index in [9.17, 15) is 14.9 Å². The Kier molecular flexibility index (Phi) is 4.50. The lowest BCUT2D eigenvalue weighted by Crippen LogP contribution is -2.30. The van der Waals surface area contributed by atoms with Crippen molar-refractivity contribution in [2.45, 2.75) is 33.4 Å². The van der Waals surface area contributed by atoms with Crippen molar-refractivity contribution >= 4 is 11.9 Å². The van der Waals surface area contributed by atoms with E-state index in [0.717, 1.165) is 15.8 Å². The minimum atomic E-state index is -0.702. The number of amides is 1. The van der Waals surface area contributed by atoms with Gasteiger partial charge in [-0.25, -0.2) is 0 Å². The molecule has 0 unspecified atom stereocenters. The number of carbonyl (C=O) groups excluding carboxylic acids is 1. The molecule has 1 aromatic heterocycles. The summed E-state index contributed by atoms with van der Waals surface area (Å²) < 4.78 is 1.14. The third-order valence-electron chi connectivity index (χ3n) is 3.40. The summed E-state index contributed by atoms with van der Waals surface area (Å²) in [5.74, 6) is -0.805. The van der Waals surface area contributed by atoms with Crippen LogP contribution in [0.15, 0.2) is 24.5 Å². The monoisotopic (exact) mass is 303 g/mol. The molecule has 1 atom stereocenters. The second-order valence-corrected chi connectivity index (χ2v) is 5.13. The van der Waals surface area contributed by atoms with Crippen LogP contribution in [-0.4, -0.2) is 25.6 Å². The number of nitrogens with zero attached hydrogens (tertiary/aromatic N) is 4. The molecule has 0 saturated heterocycles. The van der Waals surface area contributed by atoms with E-state index < -0.39 is 10.9 Å². The average Bonchev–Trinajstić information content (AvgIpc) is 2.90. The summed E-state index contributed by atoms with van der Waals surface area (Å²) in [5.41, 5.74) is 3.35. The molecule has 0 fully saturated rings. The van der Waals surface area contributed by atoms with E-state index in [1.165, 1.54) is 11.9 Å². The number of benzene rings is 1. The molecule has 1 aromatic carbocycles. The van der Waals surface area contributed by atoms with Crippen LogP contribution in [0.1, 0.15) is 29.7 Å². The first-order valence-electron chi connectivity index (χ1n) is 6.77. The van der Waals surface area contributed by atoms with Gasteiger partial charge >= 0.3 is 5.95 Å². The van der Waals surface area contributed by atoms with Crippen LogP contribution >= 0.6 is 0 Å². The second kappa shape index (κ2) is 6.33. The molecule has 22 heavy (non-hydrogen) atoms. The highest BCUT2D eigenvalue weighted by Crippen LogP contribution is 2.16. The van der Waals surface area contributed by atoms with Crippen LogP contribution in [0.5, 0.6) is 0 Å². The zero-order valence-electron chi connectivity index (χ0n) is 12.6.